The van der Waals surface area contributed by atoms with Crippen molar-refractivity contribution in [3.63, 3.8) is 0 Å². The lowest BCUT2D eigenvalue weighted by atomic mass is 10.1. The topological polar surface area (TPSA) is 39.2 Å². The zero-order chi connectivity index (χ0) is 12.3. The Hall–Kier alpha value is -1.66. The van der Waals surface area contributed by atoms with Gasteiger partial charge in [-0.15, -0.1) is 0 Å². The van der Waals surface area contributed by atoms with E-state index >= 15 is 0 Å². The number of pyridine rings is 1. The Balaban J connectivity index is 3.28. The van der Waals surface area contributed by atoms with Gasteiger partial charge in [-0.25, -0.2) is 22.9 Å². The van der Waals surface area contributed by atoms with Crippen molar-refractivity contribution in [1.29, 1.82) is 0 Å². The third kappa shape index (κ3) is 2.29. The van der Waals surface area contributed by atoms with E-state index in [1.54, 1.807) is 0 Å². The van der Waals surface area contributed by atoms with Gasteiger partial charge in [0.2, 0.25) is 5.95 Å². The number of aromatic nitrogens is 1. The smallest absolute Gasteiger partial charge is 0.340 e. The fourth-order valence-electron chi connectivity index (χ4n) is 1.06. The van der Waals surface area contributed by atoms with Gasteiger partial charge < -0.3 is 4.74 Å². The molecule has 7 heteroatoms. The molecule has 1 aromatic heterocycles. The first-order valence-corrected chi connectivity index (χ1v) is 4.28. The minimum Gasteiger partial charge on any atom is -0.462 e. The number of carbonyl (C=O) groups excluding carboxylic acids is 1. The van der Waals surface area contributed by atoms with Crippen LogP contribution in [0.2, 0.25) is 0 Å². The van der Waals surface area contributed by atoms with Gasteiger partial charge in [-0.3, -0.25) is 0 Å². The molecule has 1 aromatic rings. The molecule has 1 heterocycles. The lowest BCUT2D eigenvalue weighted by molar-refractivity contribution is 0.0512. The number of ether oxygens (including phenoxy) is 1. The number of rotatable bonds is 3. The standard InChI is InChI=1S/C9H7F4NO2/c1-2-16-9(15)4-3-14-8(13)6(10)5(4)7(11)12/h3,7H,2H2,1H3. The third-order valence-corrected chi connectivity index (χ3v) is 1.73. The van der Waals surface area contributed by atoms with Crippen molar-refractivity contribution in [3.05, 3.63) is 29.1 Å². The van der Waals surface area contributed by atoms with Crippen LogP contribution in [0.3, 0.4) is 0 Å². The van der Waals surface area contributed by atoms with Gasteiger partial charge in [-0.1, -0.05) is 0 Å². The summed E-state index contributed by atoms with van der Waals surface area (Å²) in [7, 11) is 0. The Labute approximate surface area is 88.0 Å². The molecule has 3 nitrogen and oxygen atoms in total. The van der Waals surface area contributed by atoms with Gasteiger partial charge in [0.15, 0.2) is 5.82 Å². The molecule has 0 aliphatic carbocycles. The molecule has 0 aliphatic heterocycles. The highest BCUT2D eigenvalue weighted by molar-refractivity contribution is 5.90. The van der Waals surface area contributed by atoms with Crippen LogP contribution in [0.1, 0.15) is 29.3 Å². The van der Waals surface area contributed by atoms with Gasteiger partial charge in [0.05, 0.1) is 17.7 Å². The van der Waals surface area contributed by atoms with Crippen molar-refractivity contribution in [2.75, 3.05) is 6.61 Å². The van der Waals surface area contributed by atoms with E-state index < -0.39 is 35.3 Å². The minimum absolute atomic E-state index is 0.0689. The second-order valence-electron chi connectivity index (χ2n) is 2.71. The molecule has 0 fully saturated rings. The first-order valence-electron chi connectivity index (χ1n) is 4.28. The van der Waals surface area contributed by atoms with Gasteiger partial charge in [-0.05, 0) is 6.92 Å². The molecule has 0 unspecified atom stereocenters. The van der Waals surface area contributed by atoms with E-state index in [0.29, 0.717) is 6.20 Å². The third-order valence-electron chi connectivity index (χ3n) is 1.73. The summed E-state index contributed by atoms with van der Waals surface area (Å²) >= 11 is 0. The molecule has 0 amide bonds. The second-order valence-corrected chi connectivity index (χ2v) is 2.71. The van der Waals surface area contributed by atoms with E-state index in [2.05, 4.69) is 9.72 Å². The summed E-state index contributed by atoms with van der Waals surface area (Å²) in [6.45, 7) is 1.38. The number of esters is 1. The average molecular weight is 237 g/mol. The maximum atomic E-state index is 13.0. The minimum atomic E-state index is -3.32. The normalized spacial score (nSPS) is 10.6. The average Bonchev–Trinajstić information content (AvgIpc) is 2.21. The number of nitrogens with zero attached hydrogens (tertiary/aromatic N) is 1. The molecule has 0 radical (unpaired) electrons. The Morgan fingerprint density at radius 1 is 1.50 bits per heavy atom. The maximum absolute atomic E-state index is 13.0. The van der Waals surface area contributed by atoms with Crippen molar-refractivity contribution in [2.24, 2.45) is 0 Å². The predicted octanol–water partition coefficient (Wildman–Crippen LogP) is 2.47. The lowest BCUT2D eigenvalue weighted by Crippen LogP contribution is -2.12. The maximum Gasteiger partial charge on any atom is 0.340 e. The molecular weight excluding hydrogens is 230 g/mol. The van der Waals surface area contributed by atoms with E-state index in [-0.39, 0.29) is 6.61 Å². The van der Waals surface area contributed by atoms with Crippen LogP contribution in [-0.2, 0) is 4.74 Å². The van der Waals surface area contributed by atoms with Gasteiger partial charge in [0.1, 0.15) is 0 Å². The van der Waals surface area contributed by atoms with E-state index in [1.807, 2.05) is 0 Å². The van der Waals surface area contributed by atoms with Crippen LogP contribution in [-0.4, -0.2) is 17.6 Å². The highest BCUT2D eigenvalue weighted by atomic mass is 19.3. The number of hydrogen-bond donors (Lipinski definition) is 0. The van der Waals surface area contributed by atoms with E-state index in [0.717, 1.165) is 0 Å². The summed E-state index contributed by atoms with van der Waals surface area (Å²) in [6, 6.07) is 0. The second kappa shape index (κ2) is 4.91. The van der Waals surface area contributed by atoms with E-state index in [4.69, 9.17) is 0 Å². The van der Waals surface area contributed by atoms with Gasteiger partial charge in [0.25, 0.3) is 6.43 Å². The first-order chi connectivity index (χ1) is 7.49. The van der Waals surface area contributed by atoms with Crippen LogP contribution in [0.4, 0.5) is 17.6 Å². The summed E-state index contributed by atoms with van der Waals surface area (Å²) in [6.07, 6.45) is -2.80. The van der Waals surface area contributed by atoms with E-state index in [9.17, 15) is 22.4 Å². The van der Waals surface area contributed by atoms with Gasteiger partial charge in [0, 0.05) is 6.20 Å². The van der Waals surface area contributed by atoms with Gasteiger partial charge in [-0.2, -0.15) is 4.39 Å². The summed E-state index contributed by atoms with van der Waals surface area (Å²) in [5, 5.41) is 0. The van der Waals surface area contributed by atoms with Crippen molar-refractivity contribution in [1.82, 2.24) is 4.98 Å². The summed E-state index contributed by atoms with van der Waals surface area (Å²) < 4.78 is 54.9. The van der Waals surface area contributed by atoms with Crippen LogP contribution in [0.15, 0.2) is 6.20 Å². The first kappa shape index (κ1) is 12.4. The SMILES string of the molecule is CCOC(=O)c1cnc(F)c(F)c1C(F)F. The summed E-state index contributed by atoms with van der Waals surface area (Å²) in [5.41, 5.74) is -2.10. The molecule has 88 valence electrons. The molecule has 1 rings (SSSR count). The quantitative estimate of drug-likeness (QED) is 0.460. The van der Waals surface area contributed by atoms with Crippen molar-refractivity contribution in [3.8, 4) is 0 Å². The molecule has 0 bridgehead atoms. The van der Waals surface area contributed by atoms with Crippen LogP contribution in [0, 0.1) is 11.8 Å². The van der Waals surface area contributed by atoms with Crippen molar-refractivity contribution < 1.29 is 27.1 Å². The molecule has 16 heavy (non-hydrogen) atoms. The fraction of sp³-hybridized carbons (Fsp3) is 0.333. The zero-order valence-electron chi connectivity index (χ0n) is 8.14. The molecule has 0 saturated carbocycles. The molecule has 0 N–H and O–H groups in total. The van der Waals surface area contributed by atoms with Crippen molar-refractivity contribution >= 4 is 5.97 Å². The molecule has 0 aromatic carbocycles. The highest BCUT2D eigenvalue weighted by Gasteiger charge is 2.26. The Kier molecular flexibility index (Phi) is 3.81. The van der Waals surface area contributed by atoms with Crippen molar-refractivity contribution in [2.45, 2.75) is 13.3 Å². The van der Waals surface area contributed by atoms with Crippen LogP contribution in [0.5, 0.6) is 0 Å². The number of hydrogen-bond acceptors (Lipinski definition) is 3. The fourth-order valence-corrected chi connectivity index (χ4v) is 1.06. The molecule has 0 aliphatic rings. The molecule has 0 atom stereocenters. The summed E-state index contributed by atoms with van der Waals surface area (Å²) in [5.74, 6) is -4.67. The van der Waals surface area contributed by atoms with Gasteiger partial charge >= 0.3 is 5.97 Å². The monoisotopic (exact) mass is 237 g/mol. The molecule has 0 spiro atoms. The number of alkyl halides is 2. The Bertz CT molecular complexity index is 409. The van der Waals surface area contributed by atoms with E-state index in [1.165, 1.54) is 6.92 Å². The largest absolute Gasteiger partial charge is 0.462 e. The van der Waals surface area contributed by atoms with Crippen LogP contribution < -0.4 is 0 Å². The summed E-state index contributed by atoms with van der Waals surface area (Å²) in [4.78, 5) is 14.0. The molecular formula is C9H7F4NO2. The zero-order valence-corrected chi connectivity index (χ0v) is 8.14. The predicted molar refractivity (Wildman–Crippen MR) is 45.1 cm³/mol. The Morgan fingerprint density at radius 2 is 2.12 bits per heavy atom. The van der Waals surface area contributed by atoms with Crippen LogP contribution in [0.25, 0.3) is 0 Å². The number of carbonyl (C=O) groups is 1. The van der Waals surface area contributed by atoms with Crippen LogP contribution >= 0.6 is 0 Å². The lowest BCUT2D eigenvalue weighted by Gasteiger charge is -2.08. The highest BCUT2D eigenvalue weighted by Crippen LogP contribution is 2.26. The molecule has 0 saturated heterocycles. The Morgan fingerprint density at radius 3 is 2.62 bits per heavy atom. The number of halogens is 4.